The van der Waals surface area contributed by atoms with Crippen LogP contribution < -0.4 is 0 Å². The third-order valence-electron chi connectivity index (χ3n) is 1.02. The number of aromatic nitrogens is 2. The smallest absolute Gasteiger partial charge is 0.276 e. The normalized spacial score (nSPS) is 10.5. The Kier molecular flexibility index (Phi) is 4.93. The Bertz CT molecular complexity index is 231. The van der Waals surface area contributed by atoms with Gasteiger partial charge in [-0.1, -0.05) is 34.4 Å². The van der Waals surface area contributed by atoms with E-state index >= 15 is 0 Å². The molecular weight excluding hydrogens is 291 g/mol. The third kappa shape index (κ3) is 3.28. The minimum atomic E-state index is 0.387. The quantitative estimate of drug-likeness (QED) is 0.471. The van der Waals surface area contributed by atoms with Crippen LogP contribution in [0.1, 0.15) is 5.89 Å². The monoisotopic (exact) mass is 300 g/mol. The van der Waals surface area contributed by atoms with Crippen molar-refractivity contribution in [2.24, 2.45) is 0 Å². The minimum Gasteiger partial charge on any atom is -0.413 e. The number of rotatable bonds is 5. The van der Waals surface area contributed by atoms with Gasteiger partial charge >= 0.3 is 0 Å². The van der Waals surface area contributed by atoms with E-state index in [-0.39, 0.29) is 0 Å². The molecule has 12 heavy (non-hydrogen) atoms. The molecule has 0 aromatic carbocycles. The molecule has 0 fully saturated rings. The van der Waals surface area contributed by atoms with Crippen molar-refractivity contribution in [3.8, 4) is 0 Å². The molecule has 0 amide bonds. The van der Waals surface area contributed by atoms with Crippen molar-refractivity contribution in [1.29, 1.82) is 0 Å². The molecule has 0 atom stereocenters. The van der Waals surface area contributed by atoms with Gasteiger partial charge in [0.1, 0.15) is 6.61 Å². The summed E-state index contributed by atoms with van der Waals surface area (Å²) in [5.74, 6) is 1.53. The number of nitrogens with zero attached hydrogens (tertiary/aromatic N) is 2. The summed E-state index contributed by atoms with van der Waals surface area (Å²) in [6.07, 6.45) is 0. The Morgan fingerprint density at radius 2 is 2.42 bits per heavy atom. The van der Waals surface area contributed by atoms with Gasteiger partial charge in [0.2, 0.25) is 5.89 Å². The van der Waals surface area contributed by atoms with E-state index < -0.39 is 0 Å². The maximum absolute atomic E-state index is 5.24. The van der Waals surface area contributed by atoms with Crippen molar-refractivity contribution >= 4 is 34.4 Å². The lowest BCUT2D eigenvalue weighted by Crippen LogP contribution is -1.85. The van der Waals surface area contributed by atoms with E-state index in [4.69, 9.17) is 9.15 Å². The largest absolute Gasteiger partial charge is 0.413 e. The van der Waals surface area contributed by atoms with Crippen LogP contribution in [0.2, 0.25) is 0 Å². The van der Waals surface area contributed by atoms with Gasteiger partial charge in [-0.25, -0.2) is 0 Å². The molecule has 1 aromatic rings. The van der Waals surface area contributed by atoms with Crippen molar-refractivity contribution in [2.75, 3.05) is 17.3 Å². The maximum Gasteiger partial charge on any atom is 0.276 e. The van der Waals surface area contributed by atoms with Crippen LogP contribution in [0.4, 0.5) is 0 Å². The van der Waals surface area contributed by atoms with E-state index in [9.17, 15) is 0 Å². The number of alkyl halides is 1. The molecule has 1 rings (SSSR count). The Balaban J connectivity index is 2.41. The highest BCUT2D eigenvalue weighted by Gasteiger charge is 2.04. The summed E-state index contributed by atoms with van der Waals surface area (Å²) in [7, 11) is 1.60. The predicted octanol–water partition coefficient (Wildman–Crippen LogP) is 1.74. The first-order chi connectivity index (χ1) is 5.86. The van der Waals surface area contributed by atoms with Gasteiger partial charge in [-0.2, -0.15) is 0 Å². The van der Waals surface area contributed by atoms with Gasteiger partial charge in [-0.05, 0) is 0 Å². The Morgan fingerprint density at radius 3 is 3.08 bits per heavy atom. The predicted molar refractivity (Wildman–Crippen MR) is 54.6 cm³/mol. The number of hydrogen-bond acceptors (Lipinski definition) is 5. The Morgan fingerprint density at radius 1 is 1.58 bits per heavy atom. The fourth-order valence-corrected chi connectivity index (χ4v) is 1.77. The molecule has 0 saturated heterocycles. The molecule has 4 nitrogen and oxygen atoms in total. The number of ether oxygens (including phenoxy) is 1. The first kappa shape index (κ1) is 10.3. The van der Waals surface area contributed by atoms with Gasteiger partial charge in [0, 0.05) is 17.3 Å². The average Bonchev–Trinajstić information content (AvgIpc) is 2.50. The van der Waals surface area contributed by atoms with Crippen molar-refractivity contribution in [2.45, 2.75) is 11.8 Å². The molecule has 1 heterocycles. The van der Waals surface area contributed by atoms with Crippen LogP contribution >= 0.6 is 34.4 Å². The van der Waals surface area contributed by atoms with Gasteiger partial charge < -0.3 is 9.15 Å². The van der Waals surface area contributed by atoms with Gasteiger partial charge in [-0.3, -0.25) is 0 Å². The van der Waals surface area contributed by atoms with Gasteiger partial charge in [0.05, 0.1) is 0 Å². The molecule has 68 valence electrons. The molecule has 0 spiro atoms. The van der Waals surface area contributed by atoms with Crippen LogP contribution in [0.5, 0.6) is 0 Å². The lowest BCUT2D eigenvalue weighted by atomic mass is 10.7. The number of thioether (sulfide) groups is 1. The van der Waals surface area contributed by atoms with E-state index in [1.807, 2.05) is 0 Å². The molecule has 1 aromatic heterocycles. The fourth-order valence-electron chi connectivity index (χ4n) is 0.604. The highest BCUT2D eigenvalue weighted by Crippen LogP contribution is 2.16. The number of hydrogen-bond donors (Lipinski definition) is 0. The van der Waals surface area contributed by atoms with Gasteiger partial charge in [0.15, 0.2) is 0 Å². The first-order valence-corrected chi connectivity index (χ1v) is 5.88. The molecule has 0 unspecified atom stereocenters. The summed E-state index contributed by atoms with van der Waals surface area (Å²) in [5.41, 5.74) is 0. The molecule has 0 radical (unpaired) electrons. The highest BCUT2D eigenvalue weighted by atomic mass is 127. The molecule has 0 N–H and O–H groups in total. The van der Waals surface area contributed by atoms with Crippen LogP contribution in [-0.4, -0.2) is 27.5 Å². The van der Waals surface area contributed by atoms with E-state index in [0.717, 1.165) is 10.2 Å². The van der Waals surface area contributed by atoms with Gasteiger partial charge in [-0.15, -0.1) is 10.2 Å². The third-order valence-corrected chi connectivity index (χ3v) is 3.11. The second kappa shape index (κ2) is 5.76. The van der Waals surface area contributed by atoms with Crippen molar-refractivity contribution in [3.05, 3.63) is 5.89 Å². The summed E-state index contributed by atoms with van der Waals surface area (Å²) in [6.45, 7) is 0.387. The zero-order valence-electron chi connectivity index (χ0n) is 6.62. The molecule has 0 saturated carbocycles. The molecule has 0 aliphatic rings. The minimum absolute atomic E-state index is 0.387. The van der Waals surface area contributed by atoms with Crippen LogP contribution in [0.25, 0.3) is 0 Å². The summed E-state index contributed by atoms with van der Waals surface area (Å²) in [4.78, 5) is 0. The summed E-state index contributed by atoms with van der Waals surface area (Å²) in [5, 5.41) is 8.25. The molecule has 0 aliphatic carbocycles. The van der Waals surface area contributed by atoms with Crippen LogP contribution in [-0.2, 0) is 11.3 Å². The van der Waals surface area contributed by atoms with Crippen molar-refractivity contribution < 1.29 is 9.15 Å². The topological polar surface area (TPSA) is 48.2 Å². The van der Waals surface area contributed by atoms with E-state index in [1.54, 1.807) is 18.9 Å². The Labute approximate surface area is 88.6 Å². The van der Waals surface area contributed by atoms with Crippen LogP contribution in [0, 0.1) is 0 Å². The molecule has 0 bridgehead atoms. The molecular formula is C6H9IN2O2S. The zero-order chi connectivity index (χ0) is 8.81. The Hall–Kier alpha value is 0.180. The second-order valence-corrected chi connectivity index (χ2v) is 4.06. The van der Waals surface area contributed by atoms with Crippen molar-refractivity contribution in [3.63, 3.8) is 0 Å². The van der Waals surface area contributed by atoms with Crippen molar-refractivity contribution in [1.82, 2.24) is 10.2 Å². The lowest BCUT2D eigenvalue weighted by Gasteiger charge is -1.90. The van der Waals surface area contributed by atoms with E-state index in [0.29, 0.717) is 17.7 Å². The zero-order valence-corrected chi connectivity index (χ0v) is 9.59. The van der Waals surface area contributed by atoms with Crippen LogP contribution in [0.15, 0.2) is 9.64 Å². The average molecular weight is 300 g/mol. The van der Waals surface area contributed by atoms with Crippen LogP contribution in [0.3, 0.4) is 0 Å². The number of halogens is 1. The summed E-state index contributed by atoms with van der Waals surface area (Å²) in [6, 6.07) is 0. The lowest BCUT2D eigenvalue weighted by molar-refractivity contribution is 0.155. The first-order valence-electron chi connectivity index (χ1n) is 3.37. The standard InChI is InChI=1S/C6H9IN2O2S/c1-10-4-5-8-9-6(11-5)12-3-2-7/h2-4H2,1H3. The molecule has 6 heteroatoms. The maximum atomic E-state index is 5.24. The number of methoxy groups -OCH3 is 1. The molecule has 0 aliphatic heterocycles. The van der Waals surface area contributed by atoms with E-state index in [1.165, 1.54) is 0 Å². The highest BCUT2D eigenvalue weighted by molar-refractivity contribution is 14.1. The second-order valence-electron chi connectivity index (χ2n) is 1.93. The van der Waals surface area contributed by atoms with E-state index in [2.05, 4.69) is 32.8 Å². The van der Waals surface area contributed by atoms with Gasteiger partial charge in [0.25, 0.3) is 5.22 Å². The summed E-state index contributed by atoms with van der Waals surface area (Å²) >= 11 is 3.87. The summed E-state index contributed by atoms with van der Waals surface area (Å²) < 4.78 is 11.2. The SMILES string of the molecule is COCc1nnc(SCCI)o1. The fraction of sp³-hybridized carbons (Fsp3) is 0.667.